The van der Waals surface area contributed by atoms with Crippen molar-refractivity contribution in [1.29, 1.82) is 0 Å². The number of hydrogen-bond donors (Lipinski definition) is 1. The number of carbonyl (C=O) groups is 2. The van der Waals surface area contributed by atoms with Crippen molar-refractivity contribution in [3.8, 4) is 0 Å². The summed E-state index contributed by atoms with van der Waals surface area (Å²) >= 11 is 1.07. The summed E-state index contributed by atoms with van der Waals surface area (Å²) < 4.78 is 26.8. The van der Waals surface area contributed by atoms with Crippen molar-refractivity contribution in [3.63, 3.8) is 0 Å². The van der Waals surface area contributed by atoms with Crippen LogP contribution in [0.2, 0.25) is 0 Å². The monoisotopic (exact) mass is 298 g/mol. The number of nitrogens with zero attached hydrogens (tertiary/aromatic N) is 1. The van der Waals surface area contributed by atoms with Gasteiger partial charge in [-0.15, -0.1) is 0 Å². The Morgan fingerprint density at radius 1 is 1.40 bits per heavy atom. The van der Waals surface area contributed by atoms with E-state index in [-0.39, 0.29) is 17.7 Å². The van der Waals surface area contributed by atoms with E-state index in [4.69, 9.17) is 0 Å². The first-order valence-electron chi connectivity index (χ1n) is 6.23. The molecule has 2 amide bonds. The molecule has 0 bridgehead atoms. The number of fused-ring (bicyclic) bond motifs is 1. The molecule has 1 aromatic rings. The number of benzene rings is 1. The Balaban J connectivity index is 1.78. The molecule has 1 aromatic carbocycles. The molecule has 0 aromatic heterocycles. The molecule has 2 aliphatic heterocycles. The molecular weight excluding hydrogens is 286 g/mol. The van der Waals surface area contributed by atoms with Crippen molar-refractivity contribution >= 4 is 22.9 Å². The predicted molar refractivity (Wildman–Crippen MR) is 70.3 cm³/mol. The number of carbonyl (C=O) groups excluding carboxylic acids is 2. The summed E-state index contributed by atoms with van der Waals surface area (Å²) in [6.45, 7) is 0.561. The van der Waals surface area contributed by atoms with Gasteiger partial charge in [0.1, 0.15) is 17.7 Å². The highest BCUT2D eigenvalue weighted by atomic mass is 32.2. The molecule has 0 aliphatic carbocycles. The van der Waals surface area contributed by atoms with Crippen LogP contribution in [0, 0.1) is 11.6 Å². The number of rotatable bonds is 1. The molecule has 20 heavy (non-hydrogen) atoms. The number of nitrogens with one attached hydrogen (secondary N) is 1. The van der Waals surface area contributed by atoms with Crippen molar-refractivity contribution < 1.29 is 18.4 Å². The summed E-state index contributed by atoms with van der Waals surface area (Å²) in [6.07, 6.45) is 0.362. The van der Waals surface area contributed by atoms with Gasteiger partial charge in [-0.1, -0.05) is 11.8 Å². The van der Waals surface area contributed by atoms with Crippen molar-refractivity contribution in [1.82, 2.24) is 10.2 Å². The van der Waals surface area contributed by atoms with Gasteiger partial charge < -0.3 is 10.2 Å². The molecule has 2 aliphatic rings. The zero-order chi connectivity index (χ0) is 14.3. The normalized spacial score (nSPS) is 21.6. The summed E-state index contributed by atoms with van der Waals surface area (Å²) in [4.78, 5) is 24.9. The molecule has 4 nitrogen and oxygen atoms in total. The minimum Gasteiger partial charge on any atom is -0.336 e. The van der Waals surface area contributed by atoms with Gasteiger partial charge in [-0.2, -0.15) is 0 Å². The van der Waals surface area contributed by atoms with Crippen LogP contribution in [-0.2, 0) is 17.8 Å². The van der Waals surface area contributed by atoms with Crippen LogP contribution in [0.25, 0.3) is 0 Å². The lowest BCUT2D eigenvalue weighted by Crippen LogP contribution is -2.47. The Labute approximate surface area is 118 Å². The lowest BCUT2D eigenvalue weighted by atomic mass is 9.98. The molecule has 3 rings (SSSR count). The molecule has 1 fully saturated rings. The molecule has 1 atom stereocenters. The molecule has 2 heterocycles. The van der Waals surface area contributed by atoms with E-state index in [1.807, 2.05) is 0 Å². The fourth-order valence-electron chi connectivity index (χ4n) is 2.54. The molecular formula is C13H12F2N2O2S. The van der Waals surface area contributed by atoms with Crippen LogP contribution in [0.4, 0.5) is 13.6 Å². The van der Waals surface area contributed by atoms with Gasteiger partial charge in [0.15, 0.2) is 0 Å². The van der Waals surface area contributed by atoms with Crippen LogP contribution in [-0.4, -0.2) is 34.4 Å². The average Bonchev–Trinajstić information content (AvgIpc) is 2.83. The molecule has 1 N–H and O–H groups in total. The van der Waals surface area contributed by atoms with Crippen LogP contribution in [0.3, 0.4) is 0 Å². The lowest BCUT2D eigenvalue weighted by molar-refractivity contribution is -0.133. The van der Waals surface area contributed by atoms with Gasteiger partial charge in [-0.05, 0) is 23.6 Å². The van der Waals surface area contributed by atoms with Gasteiger partial charge in [0.25, 0.3) is 5.24 Å². The third kappa shape index (κ3) is 2.37. The van der Waals surface area contributed by atoms with Gasteiger partial charge in [0.05, 0.1) is 0 Å². The van der Waals surface area contributed by atoms with Crippen LogP contribution >= 0.6 is 11.8 Å². The second-order valence-electron chi connectivity index (χ2n) is 4.83. The van der Waals surface area contributed by atoms with E-state index < -0.39 is 17.7 Å². The van der Waals surface area contributed by atoms with Crippen LogP contribution < -0.4 is 5.32 Å². The fraction of sp³-hybridized carbons (Fsp3) is 0.385. The molecule has 1 saturated heterocycles. The Morgan fingerprint density at radius 3 is 2.90 bits per heavy atom. The van der Waals surface area contributed by atoms with Crippen LogP contribution in [0.1, 0.15) is 11.1 Å². The van der Waals surface area contributed by atoms with Crippen molar-refractivity contribution in [2.24, 2.45) is 0 Å². The van der Waals surface area contributed by atoms with Gasteiger partial charge in [-0.3, -0.25) is 9.59 Å². The number of hydrogen-bond acceptors (Lipinski definition) is 3. The summed E-state index contributed by atoms with van der Waals surface area (Å²) in [5.41, 5.74) is 0.972. The highest BCUT2D eigenvalue weighted by molar-refractivity contribution is 8.14. The molecule has 1 unspecified atom stereocenters. The second-order valence-corrected chi connectivity index (χ2v) is 5.82. The lowest BCUT2D eigenvalue weighted by Gasteiger charge is -2.30. The van der Waals surface area contributed by atoms with Gasteiger partial charge in [0.2, 0.25) is 5.91 Å². The maximum atomic E-state index is 13.6. The SMILES string of the molecule is O=C1NC(C(=O)N2CCc3c(F)cc(F)cc3C2)CS1. The summed E-state index contributed by atoms with van der Waals surface area (Å²) in [7, 11) is 0. The highest BCUT2D eigenvalue weighted by Gasteiger charge is 2.33. The summed E-state index contributed by atoms with van der Waals surface area (Å²) in [5.74, 6) is -0.991. The van der Waals surface area contributed by atoms with Gasteiger partial charge in [-0.25, -0.2) is 8.78 Å². The maximum absolute atomic E-state index is 13.6. The Hall–Kier alpha value is -1.63. The largest absolute Gasteiger partial charge is 0.336 e. The first-order valence-corrected chi connectivity index (χ1v) is 7.22. The highest BCUT2D eigenvalue weighted by Crippen LogP contribution is 2.24. The average molecular weight is 298 g/mol. The topological polar surface area (TPSA) is 49.4 Å². The zero-order valence-corrected chi connectivity index (χ0v) is 11.3. The third-order valence-electron chi connectivity index (χ3n) is 3.53. The Kier molecular flexibility index (Phi) is 3.37. The number of thioether (sulfide) groups is 1. The smallest absolute Gasteiger partial charge is 0.279 e. The van der Waals surface area contributed by atoms with Crippen molar-refractivity contribution in [2.45, 2.75) is 19.0 Å². The zero-order valence-electron chi connectivity index (χ0n) is 10.5. The Morgan fingerprint density at radius 2 is 2.20 bits per heavy atom. The van der Waals surface area contributed by atoms with E-state index in [9.17, 15) is 18.4 Å². The molecule has 0 saturated carbocycles. The Bertz CT molecular complexity index is 594. The van der Waals surface area contributed by atoms with Gasteiger partial charge in [0, 0.05) is 24.9 Å². The number of halogens is 2. The second kappa shape index (κ2) is 5.05. The van der Waals surface area contributed by atoms with Gasteiger partial charge >= 0.3 is 0 Å². The summed E-state index contributed by atoms with van der Waals surface area (Å²) in [6, 6.07) is 1.59. The molecule has 0 radical (unpaired) electrons. The summed E-state index contributed by atoms with van der Waals surface area (Å²) in [5, 5.41) is 2.37. The van der Waals surface area contributed by atoms with Crippen LogP contribution in [0.15, 0.2) is 12.1 Å². The maximum Gasteiger partial charge on any atom is 0.279 e. The minimum absolute atomic E-state index is 0.180. The standard InChI is InChI=1S/C13H12F2N2O2S/c14-8-3-7-5-17(2-1-9(7)10(15)4-8)12(18)11-6-20-13(19)16-11/h3-4,11H,1-2,5-6H2,(H,16,19). The van der Waals surface area contributed by atoms with E-state index in [2.05, 4.69) is 5.32 Å². The van der Waals surface area contributed by atoms with Crippen molar-refractivity contribution in [3.05, 3.63) is 34.9 Å². The first kappa shape index (κ1) is 13.4. The van der Waals surface area contributed by atoms with Crippen LogP contribution in [0.5, 0.6) is 0 Å². The first-order chi connectivity index (χ1) is 9.54. The molecule has 0 spiro atoms. The van der Waals surface area contributed by atoms with E-state index in [1.165, 1.54) is 11.0 Å². The van der Waals surface area contributed by atoms with E-state index in [1.54, 1.807) is 0 Å². The molecule has 7 heteroatoms. The van der Waals surface area contributed by atoms with E-state index >= 15 is 0 Å². The van der Waals surface area contributed by atoms with E-state index in [0.29, 0.717) is 29.8 Å². The fourth-order valence-corrected chi connectivity index (χ4v) is 3.30. The van der Waals surface area contributed by atoms with E-state index in [0.717, 1.165) is 17.8 Å². The quantitative estimate of drug-likeness (QED) is 0.858. The molecule has 106 valence electrons. The number of amides is 2. The minimum atomic E-state index is -0.639. The van der Waals surface area contributed by atoms with Crippen molar-refractivity contribution in [2.75, 3.05) is 12.3 Å². The predicted octanol–water partition coefficient (Wildman–Crippen LogP) is 1.67. The third-order valence-corrected chi connectivity index (χ3v) is 4.41.